The van der Waals surface area contributed by atoms with Crippen LogP contribution in [0.5, 0.6) is 0 Å². The third-order valence-corrected chi connectivity index (χ3v) is 10.1. The van der Waals surface area contributed by atoms with Crippen molar-refractivity contribution in [2.45, 2.75) is 5.41 Å². The molecule has 3 nitrogen and oxygen atoms in total. The normalized spacial score (nSPS) is 13.5. The van der Waals surface area contributed by atoms with Crippen LogP contribution >= 0.6 is 0 Å². The summed E-state index contributed by atoms with van der Waals surface area (Å²) in [6, 6.07) is 62.9. The first-order valence-electron chi connectivity index (χ1n) is 16.4. The minimum Gasteiger partial charge on any atom is -0.310 e. The molecular weight excluding hydrogens is 583 g/mol. The van der Waals surface area contributed by atoms with Crippen molar-refractivity contribution in [3.63, 3.8) is 0 Å². The van der Waals surface area contributed by atoms with Crippen LogP contribution in [0.25, 0.3) is 44.7 Å². The van der Waals surface area contributed by atoms with Gasteiger partial charge in [-0.05, 0) is 51.7 Å². The van der Waals surface area contributed by atoms with Crippen molar-refractivity contribution >= 4 is 27.8 Å². The van der Waals surface area contributed by atoms with Gasteiger partial charge in [0.1, 0.15) is 0 Å². The molecule has 0 saturated carbocycles. The Bertz CT molecular complexity index is 2470. The van der Waals surface area contributed by atoms with Gasteiger partial charge in [0.15, 0.2) is 5.82 Å². The molecule has 0 amide bonds. The van der Waals surface area contributed by atoms with Crippen LogP contribution in [0.1, 0.15) is 22.3 Å². The van der Waals surface area contributed by atoms with E-state index in [4.69, 9.17) is 9.97 Å². The van der Waals surface area contributed by atoms with Gasteiger partial charge in [-0.2, -0.15) is 0 Å². The zero-order valence-electron chi connectivity index (χ0n) is 26.1. The average Bonchev–Trinajstić information content (AvgIpc) is 3.46. The first-order valence-corrected chi connectivity index (χ1v) is 16.4. The Hall–Kier alpha value is -6.32. The van der Waals surface area contributed by atoms with Crippen LogP contribution in [0.2, 0.25) is 0 Å². The van der Waals surface area contributed by atoms with Gasteiger partial charge in [-0.25, -0.2) is 9.97 Å². The lowest BCUT2D eigenvalue weighted by molar-refractivity contribution is 0.748. The zero-order chi connectivity index (χ0) is 31.7. The molecule has 0 radical (unpaired) electrons. The van der Waals surface area contributed by atoms with Gasteiger partial charge in [0.05, 0.1) is 28.2 Å². The first kappa shape index (κ1) is 26.9. The molecule has 3 heteroatoms. The van der Waals surface area contributed by atoms with Gasteiger partial charge in [-0.1, -0.05) is 152 Å². The van der Waals surface area contributed by atoms with Crippen molar-refractivity contribution in [3.8, 4) is 33.9 Å². The Morgan fingerprint density at radius 2 is 0.938 bits per heavy atom. The van der Waals surface area contributed by atoms with E-state index in [1.807, 2.05) is 6.07 Å². The van der Waals surface area contributed by atoms with E-state index in [9.17, 15) is 0 Å². The van der Waals surface area contributed by atoms with Crippen LogP contribution in [0.4, 0.5) is 17.1 Å². The molecule has 0 atom stereocenters. The van der Waals surface area contributed by atoms with Crippen LogP contribution in [-0.4, -0.2) is 9.97 Å². The quantitative estimate of drug-likeness (QED) is 0.199. The standard InChI is InChI=1S/C45H29N3/c1-3-17-31(18-4-1)44-46-42(34-24-15-19-30-16-7-8-22-33(30)34)41-43(47-44)35-23-9-10-25-36(35)45(41)37-26-11-13-28-39(37)48(32-20-5-2-6-21-32)40-29-14-12-27-38(40)45/h1-29H. The maximum Gasteiger partial charge on any atom is 0.160 e. The number of para-hydroxylation sites is 3. The number of benzene rings is 7. The lowest BCUT2D eigenvalue weighted by atomic mass is 9.64. The van der Waals surface area contributed by atoms with E-state index < -0.39 is 5.41 Å². The van der Waals surface area contributed by atoms with Gasteiger partial charge in [-0.15, -0.1) is 0 Å². The molecule has 0 fully saturated rings. The lowest BCUT2D eigenvalue weighted by Gasteiger charge is -2.45. The van der Waals surface area contributed by atoms with Crippen molar-refractivity contribution < 1.29 is 0 Å². The van der Waals surface area contributed by atoms with Crippen molar-refractivity contribution in [3.05, 3.63) is 198 Å². The summed E-state index contributed by atoms with van der Waals surface area (Å²) in [4.78, 5) is 13.5. The predicted octanol–water partition coefficient (Wildman–Crippen LogP) is 11.1. The average molecular weight is 612 g/mol. The highest BCUT2D eigenvalue weighted by Gasteiger charge is 2.54. The molecule has 1 spiro atoms. The highest BCUT2D eigenvalue weighted by molar-refractivity contribution is 6.02. The SMILES string of the molecule is c1ccc(-c2nc3c(c(-c4cccc5ccccc45)n2)C2(c4ccccc4-3)c3ccccc3N(c3ccccc3)c3ccccc32)cc1. The van der Waals surface area contributed by atoms with E-state index in [-0.39, 0.29) is 0 Å². The number of aromatic nitrogens is 2. The maximum absolute atomic E-state index is 5.57. The van der Waals surface area contributed by atoms with Crippen molar-refractivity contribution in [1.29, 1.82) is 0 Å². The highest BCUT2D eigenvalue weighted by Crippen LogP contribution is 2.64. The van der Waals surface area contributed by atoms with E-state index >= 15 is 0 Å². The lowest BCUT2D eigenvalue weighted by Crippen LogP contribution is -2.36. The van der Waals surface area contributed by atoms with E-state index in [1.165, 1.54) is 27.5 Å². The Balaban J connectivity index is 1.40. The fourth-order valence-corrected chi connectivity index (χ4v) is 8.17. The summed E-state index contributed by atoms with van der Waals surface area (Å²) in [5.74, 6) is 0.729. The van der Waals surface area contributed by atoms with Crippen LogP contribution in [0.3, 0.4) is 0 Å². The summed E-state index contributed by atoms with van der Waals surface area (Å²) < 4.78 is 0. The number of hydrogen-bond donors (Lipinski definition) is 0. The number of anilines is 3. The number of nitrogens with zero attached hydrogens (tertiary/aromatic N) is 3. The molecule has 1 aliphatic carbocycles. The molecule has 1 aromatic heterocycles. The molecule has 2 heterocycles. The number of hydrogen-bond acceptors (Lipinski definition) is 3. The second kappa shape index (κ2) is 10.3. The highest BCUT2D eigenvalue weighted by atomic mass is 15.2. The second-order valence-electron chi connectivity index (χ2n) is 12.5. The summed E-state index contributed by atoms with van der Waals surface area (Å²) in [6.07, 6.45) is 0. The fourth-order valence-electron chi connectivity index (χ4n) is 8.17. The fraction of sp³-hybridized carbons (Fsp3) is 0.0222. The summed E-state index contributed by atoms with van der Waals surface area (Å²) in [7, 11) is 0. The third-order valence-electron chi connectivity index (χ3n) is 10.1. The zero-order valence-corrected chi connectivity index (χ0v) is 26.1. The third kappa shape index (κ3) is 3.64. The van der Waals surface area contributed by atoms with Crippen molar-refractivity contribution in [1.82, 2.24) is 9.97 Å². The van der Waals surface area contributed by atoms with E-state index in [1.54, 1.807) is 0 Å². The summed E-state index contributed by atoms with van der Waals surface area (Å²) >= 11 is 0. The van der Waals surface area contributed by atoms with Gasteiger partial charge in [-0.3, -0.25) is 0 Å². The molecule has 8 aromatic rings. The minimum atomic E-state index is -0.661. The Labute approximate surface area is 279 Å². The van der Waals surface area contributed by atoms with Gasteiger partial charge in [0.25, 0.3) is 0 Å². The monoisotopic (exact) mass is 611 g/mol. The summed E-state index contributed by atoms with van der Waals surface area (Å²) in [5.41, 5.74) is 12.8. The maximum atomic E-state index is 5.57. The molecular formula is C45H29N3. The molecule has 10 rings (SSSR count). The number of rotatable bonds is 3. The van der Waals surface area contributed by atoms with Gasteiger partial charge < -0.3 is 4.90 Å². The molecule has 0 unspecified atom stereocenters. The molecule has 0 N–H and O–H groups in total. The molecule has 7 aromatic carbocycles. The largest absolute Gasteiger partial charge is 0.310 e. The predicted molar refractivity (Wildman–Crippen MR) is 196 cm³/mol. The molecule has 224 valence electrons. The Kier molecular flexibility index (Phi) is 5.79. The Morgan fingerprint density at radius 3 is 1.67 bits per heavy atom. The molecule has 2 aliphatic rings. The summed E-state index contributed by atoms with van der Waals surface area (Å²) in [5, 5.41) is 2.36. The van der Waals surface area contributed by atoms with E-state index in [0.717, 1.165) is 56.5 Å². The topological polar surface area (TPSA) is 29.0 Å². The van der Waals surface area contributed by atoms with Crippen LogP contribution in [-0.2, 0) is 5.41 Å². The molecule has 48 heavy (non-hydrogen) atoms. The Morgan fingerprint density at radius 1 is 0.417 bits per heavy atom. The molecule has 1 aliphatic heterocycles. The summed E-state index contributed by atoms with van der Waals surface area (Å²) in [6.45, 7) is 0. The van der Waals surface area contributed by atoms with Crippen molar-refractivity contribution in [2.75, 3.05) is 4.90 Å². The first-order chi connectivity index (χ1) is 23.8. The molecule has 0 saturated heterocycles. The van der Waals surface area contributed by atoms with Gasteiger partial charge in [0.2, 0.25) is 0 Å². The molecule has 0 bridgehead atoms. The van der Waals surface area contributed by atoms with Crippen LogP contribution in [0, 0.1) is 0 Å². The van der Waals surface area contributed by atoms with Crippen molar-refractivity contribution in [2.24, 2.45) is 0 Å². The van der Waals surface area contributed by atoms with Gasteiger partial charge >= 0.3 is 0 Å². The minimum absolute atomic E-state index is 0.661. The van der Waals surface area contributed by atoms with Crippen LogP contribution in [0.15, 0.2) is 176 Å². The van der Waals surface area contributed by atoms with E-state index in [2.05, 4.69) is 175 Å². The smallest absolute Gasteiger partial charge is 0.160 e. The van der Waals surface area contributed by atoms with Gasteiger partial charge in [0, 0.05) is 27.9 Å². The van der Waals surface area contributed by atoms with E-state index in [0.29, 0.717) is 0 Å². The second-order valence-corrected chi connectivity index (χ2v) is 12.5. The van der Waals surface area contributed by atoms with Crippen LogP contribution < -0.4 is 4.90 Å². The number of fused-ring (bicyclic) bond motifs is 10.